The molecular formula is C24H24N2O2. The molecule has 3 heterocycles. The molecule has 0 amide bonds. The fraction of sp³-hybridized carbons (Fsp3) is 0.292. The number of nitrogens with zero attached hydrogens (tertiary/aromatic N) is 1. The van der Waals surface area contributed by atoms with Crippen LogP contribution in [0.15, 0.2) is 63.8 Å². The summed E-state index contributed by atoms with van der Waals surface area (Å²) in [7, 11) is 0. The summed E-state index contributed by atoms with van der Waals surface area (Å²) in [6.45, 7) is 3.48. The van der Waals surface area contributed by atoms with Gasteiger partial charge in [0.15, 0.2) is 5.43 Å². The number of aromatic amines is 1. The Morgan fingerprint density at radius 3 is 2.71 bits per heavy atom. The van der Waals surface area contributed by atoms with E-state index in [2.05, 4.69) is 22.0 Å². The Balaban J connectivity index is 1.42. The summed E-state index contributed by atoms with van der Waals surface area (Å²) in [6, 6.07) is 17.6. The van der Waals surface area contributed by atoms with Crippen LogP contribution >= 0.6 is 0 Å². The average molecular weight is 372 g/mol. The van der Waals surface area contributed by atoms with Crippen molar-refractivity contribution in [3.05, 3.63) is 70.6 Å². The molecule has 1 N–H and O–H groups in total. The smallest absolute Gasteiger partial charge is 0.190 e. The highest BCUT2D eigenvalue weighted by molar-refractivity contribution is 5.86. The van der Waals surface area contributed by atoms with E-state index in [-0.39, 0.29) is 5.43 Å². The molecule has 4 aromatic rings. The quantitative estimate of drug-likeness (QED) is 0.550. The Morgan fingerprint density at radius 1 is 0.964 bits per heavy atom. The number of rotatable bonds is 4. The Morgan fingerprint density at radius 2 is 1.82 bits per heavy atom. The molecular weight excluding hydrogens is 348 g/mol. The third-order valence-corrected chi connectivity index (χ3v) is 5.74. The molecule has 2 aromatic heterocycles. The van der Waals surface area contributed by atoms with E-state index in [1.165, 1.54) is 32.4 Å². The zero-order valence-corrected chi connectivity index (χ0v) is 15.9. The summed E-state index contributed by atoms with van der Waals surface area (Å²) >= 11 is 0. The molecule has 0 saturated carbocycles. The summed E-state index contributed by atoms with van der Waals surface area (Å²) in [4.78, 5) is 18.3. The number of aromatic nitrogens is 1. The van der Waals surface area contributed by atoms with Crippen molar-refractivity contribution in [2.45, 2.75) is 25.7 Å². The van der Waals surface area contributed by atoms with E-state index < -0.39 is 0 Å². The van der Waals surface area contributed by atoms with Gasteiger partial charge in [-0.2, -0.15) is 0 Å². The first-order valence-corrected chi connectivity index (χ1v) is 10.1. The molecule has 4 heteroatoms. The lowest BCUT2D eigenvalue weighted by Gasteiger charge is -2.25. The molecule has 1 saturated heterocycles. The molecule has 4 nitrogen and oxygen atoms in total. The van der Waals surface area contributed by atoms with Crippen LogP contribution in [-0.2, 0) is 6.42 Å². The minimum Gasteiger partial charge on any atom is -0.461 e. The number of hydrogen-bond donors (Lipinski definition) is 1. The van der Waals surface area contributed by atoms with E-state index in [1.807, 2.05) is 36.4 Å². The molecule has 1 aliphatic heterocycles. The van der Waals surface area contributed by atoms with Crippen LogP contribution in [0.5, 0.6) is 0 Å². The van der Waals surface area contributed by atoms with Gasteiger partial charge in [0.2, 0.25) is 0 Å². The van der Waals surface area contributed by atoms with Crippen LogP contribution in [0.4, 0.5) is 0 Å². The zero-order valence-electron chi connectivity index (χ0n) is 15.9. The summed E-state index contributed by atoms with van der Waals surface area (Å²) < 4.78 is 6.05. The third-order valence-electron chi connectivity index (χ3n) is 5.74. The van der Waals surface area contributed by atoms with Crippen molar-refractivity contribution in [1.29, 1.82) is 0 Å². The van der Waals surface area contributed by atoms with Gasteiger partial charge in [-0.25, -0.2) is 0 Å². The monoisotopic (exact) mass is 372 g/mol. The van der Waals surface area contributed by atoms with E-state index in [1.54, 1.807) is 6.07 Å². The predicted octanol–water partition coefficient (Wildman–Crippen LogP) is 4.97. The van der Waals surface area contributed by atoms with Gasteiger partial charge < -0.3 is 14.3 Å². The van der Waals surface area contributed by atoms with E-state index in [0.29, 0.717) is 0 Å². The number of likely N-dealkylation sites (tertiary alicyclic amines) is 1. The number of fused-ring (bicyclic) bond motifs is 2. The summed E-state index contributed by atoms with van der Waals surface area (Å²) in [5.41, 5.74) is 3.64. The number of piperidine rings is 1. The standard InChI is InChI=1S/C24H24N2O2/c27-23-16-22(25-21-7-3-2-6-20(21)23)17-8-9-24-18(14-17)15-19(28-24)10-13-26-11-4-1-5-12-26/h2-3,6-9,14-16H,1,4-5,10-13H2,(H,25,27). The highest BCUT2D eigenvalue weighted by Crippen LogP contribution is 2.26. The van der Waals surface area contributed by atoms with Crippen LogP contribution in [0, 0.1) is 0 Å². The number of para-hydroxylation sites is 1. The average Bonchev–Trinajstić information content (AvgIpc) is 3.15. The van der Waals surface area contributed by atoms with E-state index in [9.17, 15) is 4.79 Å². The van der Waals surface area contributed by atoms with Crippen molar-refractivity contribution in [2.75, 3.05) is 19.6 Å². The number of furan rings is 1. The van der Waals surface area contributed by atoms with Gasteiger partial charge in [0.25, 0.3) is 0 Å². The number of nitrogens with one attached hydrogen (secondary N) is 1. The number of pyridine rings is 1. The topological polar surface area (TPSA) is 49.2 Å². The van der Waals surface area contributed by atoms with E-state index >= 15 is 0 Å². The van der Waals surface area contributed by atoms with Gasteiger partial charge >= 0.3 is 0 Å². The molecule has 28 heavy (non-hydrogen) atoms. The lowest BCUT2D eigenvalue weighted by molar-refractivity contribution is 0.227. The molecule has 0 radical (unpaired) electrons. The zero-order chi connectivity index (χ0) is 18.9. The highest BCUT2D eigenvalue weighted by atomic mass is 16.3. The number of H-pyrrole nitrogens is 1. The molecule has 0 atom stereocenters. The van der Waals surface area contributed by atoms with Crippen LogP contribution in [0.1, 0.15) is 25.0 Å². The lowest BCUT2D eigenvalue weighted by Crippen LogP contribution is -2.31. The first-order valence-electron chi connectivity index (χ1n) is 10.1. The van der Waals surface area contributed by atoms with Gasteiger partial charge in [0.1, 0.15) is 11.3 Å². The maximum absolute atomic E-state index is 12.4. The molecule has 1 aliphatic rings. The Kier molecular flexibility index (Phi) is 4.49. The molecule has 0 spiro atoms. The van der Waals surface area contributed by atoms with Crippen molar-refractivity contribution < 1.29 is 4.42 Å². The Hall–Kier alpha value is -2.85. The van der Waals surface area contributed by atoms with Crippen molar-refractivity contribution in [1.82, 2.24) is 9.88 Å². The van der Waals surface area contributed by atoms with E-state index in [4.69, 9.17) is 4.42 Å². The van der Waals surface area contributed by atoms with Crippen molar-refractivity contribution in [3.63, 3.8) is 0 Å². The maximum Gasteiger partial charge on any atom is 0.190 e. The van der Waals surface area contributed by atoms with Gasteiger partial charge in [0.05, 0.1) is 0 Å². The minimum absolute atomic E-state index is 0.0406. The molecule has 0 bridgehead atoms. The van der Waals surface area contributed by atoms with Crippen LogP contribution < -0.4 is 5.43 Å². The van der Waals surface area contributed by atoms with Crippen LogP contribution in [0.2, 0.25) is 0 Å². The Bertz CT molecular complexity index is 1180. The number of hydrogen-bond acceptors (Lipinski definition) is 3. The van der Waals surface area contributed by atoms with Crippen molar-refractivity contribution in [2.24, 2.45) is 0 Å². The normalized spacial score (nSPS) is 15.4. The second-order valence-electron chi connectivity index (χ2n) is 7.71. The number of benzene rings is 2. The summed E-state index contributed by atoms with van der Waals surface area (Å²) in [5.74, 6) is 1.03. The first-order chi connectivity index (χ1) is 13.8. The molecule has 2 aromatic carbocycles. The fourth-order valence-electron chi connectivity index (χ4n) is 4.19. The van der Waals surface area contributed by atoms with Crippen molar-refractivity contribution in [3.8, 4) is 11.3 Å². The van der Waals surface area contributed by atoms with E-state index in [0.717, 1.165) is 51.9 Å². The lowest BCUT2D eigenvalue weighted by atomic mass is 10.1. The van der Waals surface area contributed by atoms with Gasteiger partial charge in [-0.15, -0.1) is 0 Å². The SMILES string of the molecule is O=c1cc(-c2ccc3oc(CCN4CCCCC4)cc3c2)[nH]c2ccccc12. The van der Waals surface area contributed by atoms with Crippen LogP contribution in [-0.4, -0.2) is 29.5 Å². The maximum atomic E-state index is 12.4. The molecule has 0 unspecified atom stereocenters. The Labute approximate surface area is 163 Å². The summed E-state index contributed by atoms with van der Waals surface area (Å²) in [6.07, 6.45) is 4.93. The molecule has 0 aliphatic carbocycles. The summed E-state index contributed by atoms with van der Waals surface area (Å²) in [5, 5.41) is 1.80. The minimum atomic E-state index is 0.0406. The second-order valence-corrected chi connectivity index (χ2v) is 7.71. The highest BCUT2D eigenvalue weighted by Gasteiger charge is 2.12. The molecule has 5 rings (SSSR count). The second kappa shape index (κ2) is 7.28. The van der Waals surface area contributed by atoms with Crippen LogP contribution in [0.25, 0.3) is 33.1 Å². The van der Waals surface area contributed by atoms with Gasteiger partial charge in [-0.1, -0.05) is 18.6 Å². The molecule has 142 valence electrons. The van der Waals surface area contributed by atoms with Gasteiger partial charge in [-0.3, -0.25) is 4.79 Å². The van der Waals surface area contributed by atoms with Crippen LogP contribution in [0.3, 0.4) is 0 Å². The van der Waals surface area contributed by atoms with Gasteiger partial charge in [-0.05, 0) is 67.9 Å². The third kappa shape index (κ3) is 3.36. The largest absolute Gasteiger partial charge is 0.461 e. The fourth-order valence-corrected chi connectivity index (χ4v) is 4.19. The van der Waals surface area contributed by atoms with Crippen molar-refractivity contribution >= 4 is 21.9 Å². The first kappa shape index (κ1) is 17.3. The predicted molar refractivity (Wildman–Crippen MR) is 114 cm³/mol. The van der Waals surface area contributed by atoms with Gasteiger partial charge in [0, 0.05) is 41.0 Å². The molecule has 1 fully saturated rings.